The molecule has 96 valence electrons. The Morgan fingerprint density at radius 3 is 2.32 bits per heavy atom. The van der Waals surface area contributed by atoms with Gasteiger partial charge < -0.3 is 4.90 Å². The second kappa shape index (κ2) is 6.61. The van der Waals surface area contributed by atoms with E-state index in [-0.39, 0.29) is 0 Å². The molecule has 0 aliphatic heterocycles. The van der Waals surface area contributed by atoms with Gasteiger partial charge >= 0.3 is 0 Å². The SMILES string of the molecule is CN(CCCc1ccccc1)c1ccc(C#N)cc1. The predicted molar refractivity (Wildman–Crippen MR) is 79.2 cm³/mol. The second-order valence-corrected chi connectivity index (χ2v) is 4.67. The van der Waals surface area contributed by atoms with Crippen LogP contribution in [-0.4, -0.2) is 13.6 Å². The minimum absolute atomic E-state index is 0.710. The zero-order chi connectivity index (χ0) is 13.5. The Kier molecular flexibility index (Phi) is 4.58. The van der Waals surface area contributed by atoms with E-state index in [1.807, 2.05) is 30.3 Å². The van der Waals surface area contributed by atoms with E-state index in [2.05, 4.69) is 42.3 Å². The zero-order valence-electron chi connectivity index (χ0n) is 11.2. The molecule has 0 atom stereocenters. The first-order valence-electron chi connectivity index (χ1n) is 6.55. The molecule has 0 bridgehead atoms. The van der Waals surface area contributed by atoms with Gasteiger partial charge in [0.1, 0.15) is 0 Å². The number of hydrogen-bond acceptors (Lipinski definition) is 2. The van der Waals surface area contributed by atoms with Crippen molar-refractivity contribution in [2.75, 3.05) is 18.5 Å². The average molecular weight is 250 g/mol. The van der Waals surface area contributed by atoms with Gasteiger partial charge in [-0.3, -0.25) is 0 Å². The van der Waals surface area contributed by atoms with Crippen molar-refractivity contribution in [2.45, 2.75) is 12.8 Å². The molecule has 0 aliphatic carbocycles. The van der Waals surface area contributed by atoms with Gasteiger partial charge in [-0.15, -0.1) is 0 Å². The summed E-state index contributed by atoms with van der Waals surface area (Å²) in [5.74, 6) is 0. The van der Waals surface area contributed by atoms with E-state index in [0.29, 0.717) is 5.56 Å². The lowest BCUT2D eigenvalue weighted by atomic mass is 10.1. The summed E-state index contributed by atoms with van der Waals surface area (Å²) in [7, 11) is 2.09. The summed E-state index contributed by atoms with van der Waals surface area (Å²) in [6.07, 6.45) is 2.22. The van der Waals surface area contributed by atoms with Crippen LogP contribution in [0.15, 0.2) is 54.6 Å². The third-order valence-corrected chi connectivity index (χ3v) is 3.24. The molecule has 0 aliphatic rings. The van der Waals surface area contributed by atoms with E-state index < -0.39 is 0 Å². The van der Waals surface area contributed by atoms with Crippen molar-refractivity contribution in [3.63, 3.8) is 0 Å². The van der Waals surface area contributed by atoms with Crippen LogP contribution in [0.25, 0.3) is 0 Å². The van der Waals surface area contributed by atoms with Gasteiger partial charge in [0.15, 0.2) is 0 Å². The van der Waals surface area contributed by atoms with Crippen LogP contribution in [0.4, 0.5) is 5.69 Å². The molecule has 0 spiro atoms. The van der Waals surface area contributed by atoms with Gasteiger partial charge in [0.2, 0.25) is 0 Å². The largest absolute Gasteiger partial charge is 0.375 e. The van der Waals surface area contributed by atoms with Crippen molar-refractivity contribution in [3.8, 4) is 6.07 Å². The molecule has 0 fully saturated rings. The van der Waals surface area contributed by atoms with E-state index in [1.54, 1.807) is 0 Å². The van der Waals surface area contributed by atoms with Crippen LogP contribution in [0.1, 0.15) is 17.5 Å². The highest BCUT2D eigenvalue weighted by Gasteiger charge is 2.01. The maximum Gasteiger partial charge on any atom is 0.0991 e. The highest BCUT2D eigenvalue weighted by molar-refractivity contribution is 5.48. The van der Waals surface area contributed by atoms with Gasteiger partial charge in [-0.25, -0.2) is 0 Å². The molecular formula is C17H18N2. The number of rotatable bonds is 5. The predicted octanol–water partition coefficient (Wildman–Crippen LogP) is 3.63. The number of aryl methyl sites for hydroxylation is 1. The first kappa shape index (κ1) is 13.2. The molecule has 0 aromatic heterocycles. The molecule has 0 radical (unpaired) electrons. The van der Waals surface area contributed by atoms with E-state index in [9.17, 15) is 0 Å². The molecule has 0 saturated carbocycles. The van der Waals surface area contributed by atoms with Gasteiger partial charge in [-0.05, 0) is 42.7 Å². The Hall–Kier alpha value is -2.27. The summed E-state index contributed by atoms with van der Waals surface area (Å²) in [5.41, 5.74) is 3.25. The Labute approximate surface area is 114 Å². The van der Waals surface area contributed by atoms with Crippen LogP contribution >= 0.6 is 0 Å². The highest BCUT2D eigenvalue weighted by atomic mass is 15.1. The molecular weight excluding hydrogens is 232 g/mol. The van der Waals surface area contributed by atoms with Gasteiger partial charge in [-0.2, -0.15) is 5.26 Å². The van der Waals surface area contributed by atoms with Crippen molar-refractivity contribution >= 4 is 5.69 Å². The van der Waals surface area contributed by atoms with E-state index in [4.69, 9.17) is 5.26 Å². The summed E-state index contributed by atoms with van der Waals surface area (Å²) in [6, 6.07) is 20.4. The summed E-state index contributed by atoms with van der Waals surface area (Å²) >= 11 is 0. The summed E-state index contributed by atoms with van der Waals surface area (Å²) < 4.78 is 0. The number of anilines is 1. The van der Waals surface area contributed by atoms with Gasteiger partial charge in [0, 0.05) is 19.3 Å². The summed E-state index contributed by atoms with van der Waals surface area (Å²) in [5, 5.41) is 8.77. The maximum absolute atomic E-state index is 8.77. The molecule has 0 saturated heterocycles. The highest BCUT2D eigenvalue weighted by Crippen LogP contribution is 2.14. The fourth-order valence-electron chi connectivity index (χ4n) is 2.08. The fourth-order valence-corrected chi connectivity index (χ4v) is 2.08. The monoisotopic (exact) mass is 250 g/mol. The van der Waals surface area contributed by atoms with Crippen LogP contribution in [0.5, 0.6) is 0 Å². The van der Waals surface area contributed by atoms with Crippen LogP contribution in [0.3, 0.4) is 0 Å². The summed E-state index contributed by atoms with van der Waals surface area (Å²) in [6.45, 7) is 1.01. The van der Waals surface area contributed by atoms with Crippen LogP contribution in [0.2, 0.25) is 0 Å². The minimum Gasteiger partial charge on any atom is -0.375 e. The van der Waals surface area contributed by atoms with Crippen LogP contribution in [-0.2, 0) is 6.42 Å². The lowest BCUT2D eigenvalue weighted by Gasteiger charge is -2.19. The Morgan fingerprint density at radius 1 is 1.00 bits per heavy atom. The molecule has 2 aromatic carbocycles. The van der Waals surface area contributed by atoms with Crippen molar-refractivity contribution in [2.24, 2.45) is 0 Å². The van der Waals surface area contributed by atoms with E-state index >= 15 is 0 Å². The molecule has 2 aromatic rings. The molecule has 0 heterocycles. The Balaban J connectivity index is 1.84. The second-order valence-electron chi connectivity index (χ2n) is 4.67. The standard InChI is InChI=1S/C17H18N2/c1-19(17-11-9-16(14-18)10-12-17)13-5-8-15-6-3-2-4-7-15/h2-4,6-7,9-12H,5,8,13H2,1H3. The molecule has 0 amide bonds. The topological polar surface area (TPSA) is 27.0 Å². The Morgan fingerprint density at radius 2 is 1.68 bits per heavy atom. The molecule has 2 heteroatoms. The lowest BCUT2D eigenvalue weighted by molar-refractivity contribution is 0.786. The Bertz CT molecular complexity index is 538. The van der Waals surface area contributed by atoms with Crippen LogP contribution in [0, 0.1) is 11.3 Å². The van der Waals surface area contributed by atoms with Crippen LogP contribution < -0.4 is 4.90 Å². The van der Waals surface area contributed by atoms with E-state index in [1.165, 1.54) is 5.56 Å². The normalized spacial score (nSPS) is 9.89. The van der Waals surface area contributed by atoms with Gasteiger partial charge in [0.05, 0.1) is 11.6 Å². The van der Waals surface area contributed by atoms with Crippen molar-refractivity contribution in [3.05, 3.63) is 65.7 Å². The lowest BCUT2D eigenvalue weighted by Crippen LogP contribution is -2.18. The smallest absolute Gasteiger partial charge is 0.0991 e. The average Bonchev–Trinajstić information content (AvgIpc) is 2.48. The maximum atomic E-state index is 8.77. The van der Waals surface area contributed by atoms with Gasteiger partial charge in [0.25, 0.3) is 0 Å². The number of benzene rings is 2. The fraction of sp³-hybridized carbons (Fsp3) is 0.235. The molecule has 0 N–H and O–H groups in total. The van der Waals surface area contributed by atoms with Crippen molar-refractivity contribution in [1.82, 2.24) is 0 Å². The third-order valence-electron chi connectivity index (χ3n) is 3.24. The number of hydrogen-bond donors (Lipinski definition) is 0. The summed E-state index contributed by atoms with van der Waals surface area (Å²) in [4.78, 5) is 2.23. The number of nitrogens with zero attached hydrogens (tertiary/aromatic N) is 2. The van der Waals surface area contributed by atoms with Crippen molar-refractivity contribution < 1.29 is 0 Å². The number of nitriles is 1. The zero-order valence-corrected chi connectivity index (χ0v) is 11.2. The minimum atomic E-state index is 0.710. The van der Waals surface area contributed by atoms with E-state index in [0.717, 1.165) is 25.1 Å². The molecule has 0 unspecified atom stereocenters. The first-order chi connectivity index (χ1) is 9.29. The quantitative estimate of drug-likeness (QED) is 0.810. The third kappa shape index (κ3) is 3.86. The first-order valence-corrected chi connectivity index (χ1v) is 6.55. The van der Waals surface area contributed by atoms with Crippen molar-refractivity contribution in [1.29, 1.82) is 5.26 Å². The molecule has 2 nitrogen and oxygen atoms in total. The molecule has 2 rings (SSSR count). The van der Waals surface area contributed by atoms with Gasteiger partial charge in [-0.1, -0.05) is 30.3 Å². The molecule has 19 heavy (non-hydrogen) atoms.